The lowest BCUT2D eigenvalue weighted by Crippen LogP contribution is -2.38. The molecule has 2 heteroatoms. The van der Waals surface area contributed by atoms with Gasteiger partial charge < -0.3 is 5.73 Å². The minimum atomic E-state index is 0.407. The van der Waals surface area contributed by atoms with Crippen LogP contribution in [0.25, 0.3) is 0 Å². The molecule has 0 fully saturated rings. The van der Waals surface area contributed by atoms with Crippen LogP contribution in [0.5, 0.6) is 0 Å². The summed E-state index contributed by atoms with van der Waals surface area (Å²) in [5, 5.41) is 0. The van der Waals surface area contributed by atoms with E-state index in [1.54, 1.807) is 6.08 Å². The molecule has 0 saturated heterocycles. The maximum atomic E-state index is 6.05. The van der Waals surface area contributed by atoms with Crippen LogP contribution in [0, 0.1) is 26.2 Å². The molecule has 0 saturated carbocycles. The van der Waals surface area contributed by atoms with Gasteiger partial charge in [0.15, 0.2) is 6.71 Å². The van der Waals surface area contributed by atoms with E-state index in [1.807, 2.05) is 6.08 Å². The van der Waals surface area contributed by atoms with E-state index in [2.05, 4.69) is 70.9 Å². The minimum absolute atomic E-state index is 0.407. The molecule has 0 spiro atoms. The predicted octanol–water partition coefficient (Wildman–Crippen LogP) is 5.00. The number of nitrogen functional groups attached to an aromatic ring is 1. The zero-order chi connectivity index (χ0) is 18.6. The third-order valence-electron chi connectivity index (χ3n) is 4.96. The summed E-state index contributed by atoms with van der Waals surface area (Å²) in [6.45, 7) is 11.4. The van der Waals surface area contributed by atoms with Gasteiger partial charge in [-0.15, -0.1) is 6.42 Å². The number of aryl methyl sites for hydroxylation is 2. The molecule has 1 aliphatic carbocycles. The van der Waals surface area contributed by atoms with E-state index < -0.39 is 0 Å². The van der Waals surface area contributed by atoms with Crippen LogP contribution in [0.4, 0.5) is 5.69 Å². The molecule has 2 rings (SSSR count). The van der Waals surface area contributed by atoms with Crippen LogP contribution in [0.1, 0.15) is 31.9 Å². The lowest BCUT2D eigenvalue weighted by atomic mass is 9.32. The number of nitrogens with two attached hydrogens (primary N) is 1. The van der Waals surface area contributed by atoms with Crippen molar-refractivity contribution in [2.45, 2.75) is 46.8 Å². The average Bonchev–Trinajstić information content (AvgIpc) is 2.84. The summed E-state index contributed by atoms with van der Waals surface area (Å²) in [4.78, 5) is 0. The first kappa shape index (κ1) is 18.9. The van der Waals surface area contributed by atoms with E-state index in [0.717, 1.165) is 12.0 Å². The summed E-state index contributed by atoms with van der Waals surface area (Å²) < 4.78 is 0. The van der Waals surface area contributed by atoms with Crippen LogP contribution >= 0.6 is 0 Å². The van der Waals surface area contributed by atoms with Crippen LogP contribution in [0.2, 0.25) is 12.1 Å². The molecule has 0 amide bonds. The Morgan fingerprint density at radius 2 is 1.88 bits per heavy atom. The molecule has 1 unspecified atom stereocenters. The second-order valence-corrected chi connectivity index (χ2v) is 7.24. The maximum absolute atomic E-state index is 6.05. The minimum Gasteiger partial charge on any atom is -0.399 e. The highest BCUT2D eigenvalue weighted by Crippen LogP contribution is 2.35. The molecule has 25 heavy (non-hydrogen) atoms. The number of hydrogen-bond acceptors (Lipinski definition) is 1. The molecular formula is C23H28BN. The Morgan fingerprint density at radius 1 is 1.24 bits per heavy atom. The normalized spacial score (nSPS) is 17.4. The van der Waals surface area contributed by atoms with E-state index in [9.17, 15) is 0 Å². The Kier molecular flexibility index (Phi) is 6.15. The third-order valence-corrected chi connectivity index (χ3v) is 4.96. The lowest BCUT2D eigenvalue weighted by molar-refractivity contribution is 1.17. The van der Waals surface area contributed by atoms with Gasteiger partial charge in [-0.25, -0.2) is 0 Å². The van der Waals surface area contributed by atoms with Crippen molar-refractivity contribution < 1.29 is 0 Å². The quantitative estimate of drug-likeness (QED) is 0.350. The molecule has 0 aromatic heterocycles. The number of anilines is 1. The van der Waals surface area contributed by atoms with Crippen LogP contribution in [-0.2, 0) is 0 Å². The number of hydrogen-bond donors (Lipinski definition) is 1. The van der Waals surface area contributed by atoms with E-state index >= 15 is 0 Å². The summed E-state index contributed by atoms with van der Waals surface area (Å²) in [5.74, 6) is 2.97. The van der Waals surface area contributed by atoms with Crippen LogP contribution in [-0.4, -0.2) is 6.71 Å². The van der Waals surface area contributed by atoms with Gasteiger partial charge in [0, 0.05) is 5.69 Å². The Morgan fingerprint density at radius 3 is 2.40 bits per heavy atom. The zero-order valence-corrected chi connectivity index (χ0v) is 16.1. The van der Waals surface area contributed by atoms with Crippen molar-refractivity contribution in [3.8, 4) is 12.3 Å². The predicted molar refractivity (Wildman–Crippen MR) is 114 cm³/mol. The topological polar surface area (TPSA) is 26.0 Å². The second-order valence-electron chi connectivity index (χ2n) is 7.24. The summed E-state index contributed by atoms with van der Waals surface area (Å²) >= 11 is 0. The van der Waals surface area contributed by atoms with E-state index in [1.165, 1.54) is 33.3 Å². The Bertz CT molecular complexity index is 792. The van der Waals surface area contributed by atoms with Gasteiger partial charge in [0.2, 0.25) is 0 Å². The standard InChI is InChI=1S/C23H28BN/c1-7-8-9-10-16(2)15-24(22-12-17(3)11-18(22)4)23-19(5)13-21(25)14-20(23)6/h1,8-14,22H,15,25H2,2-6H3/b9-8-,16-10-. The van der Waals surface area contributed by atoms with Gasteiger partial charge in [0.1, 0.15) is 0 Å². The fraction of sp³-hybridized carbons (Fsp3) is 0.304. The van der Waals surface area contributed by atoms with Crippen molar-refractivity contribution >= 4 is 17.9 Å². The van der Waals surface area contributed by atoms with E-state index in [-0.39, 0.29) is 0 Å². The highest BCUT2D eigenvalue weighted by Gasteiger charge is 2.31. The second kappa shape index (κ2) is 8.12. The van der Waals surface area contributed by atoms with Crippen molar-refractivity contribution in [2.75, 3.05) is 5.73 Å². The van der Waals surface area contributed by atoms with E-state index in [0.29, 0.717) is 12.5 Å². The molecule has 2 N–H and O–H groups in total. The molecule has 1 nitrogen and oxygen atoms in total. The van der Waals surface area contributed by atoms with Gasteiger partial charge in [-0.05, 0) is 65.0 Å². The average molecular weight is 329 g/mol. The van der Waals surface area contributed by atoms with Gasteiger partial charge in [-0.2, -0.15) is 0 Å². The highest BCUT2D eigenvalue weighted by atomic mass is 14.5. The number of allylic oxidation sites excluding steroid dienone is 8. The maximum Gasteiger partial charge on any atom is 0.191 e. The first-order valence-corrected chi connectivity index (χ1v) is 8.85. The first-order chi connectivity index (χ1) is 11.8. The Hall–Kier alpha value is -2.40. The third kappa shape index (κ3) is 4.57. The van der Waals surface area contributed by atoms with Gasteiger partial charge >= 0.3 is 0 Å². The number of benzene rings is 1. The molecule has 128 valence electrons. The van der Waals surface area contributed by atoms with Gasteiger partial charge in [0.25, 0.3) is 0 Å². The van der Waals surface area contributed by atoms with Gasteiger partial charge in [-0.3, -0.25) is 0 Å². The molecular weight excluding hydrogens is 301 g/mol. The summed E-state index contributed by atoms with van der Waals surface area (Å²) in [6.07, 6.45) is 16.8. The van der Waals surface area contributed by atoms with Gasteiger partial charge in [0.05, 0.1) is 0 Å². The Labute approximate surface area is 153 Å². The summed E-state index contributed by atoms with van der Waals surface area (Å²) in [6, 6.07) is 4.19. The molecule has 1 atom stereocenters. The molecule has 0 heterocycles. The molecule has 0 radical (unpaired) electrons. The van der Waals surface area contributed by atoms with Crippen molar-refractivity contribution in [1.29, 1.82) is 0 Å². The van der Waals surface area contributed by atoms with Crippen molar-refractivity contribution in [1.82, 2.24) is 0 Å². The summed E-state index contributed by atoms with van der Waals surface area (Å²) in [5.41, 5.74) is 15.0. The van der Waals surface area contributed by atoms with Gasteiger partial charge in [-0.1, -0.05) is 63.5 Å². The molecule has 0 bridgehead atoms. The SMILES string of the molecule is C#C/C=C\C=C(\C)CB(c1c(C)cc(N)cc1C)C1C=C(C)C=C1C. The fourth-order valence-corrected chi connectivity index (χ4v) is 4.04. The highest BCUT2D eigenvalue weighted by molar-refractivity contribution is 6.77. The fourth-order valence-electron chi connectivity index (χ4n) is 4.04. The molecule has 1 aromatic rings. The molecule has 1 aliphatic rings. The molecule has 0 aliphatic heterocycles. The van der Waals surface area contributed by atoms with Crippen LogP contribution in [0.3, 0.4) is 0 Å². The summed E-state index contributed by atoms with van der Waals surface area (Å²) in [7, 11) is 0. The zero-order valence-electron chi connectivity index (χ0n) is 16.1. The number of terminal acetylenes is 1. The van der Waals surface area contributed by atoms with Crippen molar-refractivity contribution in [2.24, 2.45) is 0 Å². The van der Waals surface area contributed by atoms with E-state index in [4.69, 9.17) is 12.2 Å². The van der Waals surface area contributed by atoms with Crippen LogP contribution < -0.4 is 11.2 Å². The molecule has 1 aromatic carbocycles. The van der Waals surface area contributed by atoms with Crippen molar-refractivity contribution in [3.63, 3.8) is 0 Å². The smallest absolute Gasteiger partial charge is 0.191 e. The Balaban J connectivity index is 2.48. The monoisotopic (exact) mass is 329 g/mol. The van der Waals surface area contributed by atoms with Crippen molar-refractivity contribution in [3.05, 3.63) is 70.4 Å². The largest absolute Gasteiger partial charge is 0.399 e. The lowest BCUT2D eigenvalue weighted by Gasteiger charge is -2.25. The first-order valence-electron chi connectivity index (χ1n) is 8.85. The van der Waals surface area contributed by atoms with Crippen LogP contribution in [0.15, 0.2) is 59.2 Å². The number of rotatable bonds is 5.